The van der Waals surface area contributed by atoms with Crippen LogP contribution in [0.5, 0.6) is 0 Å². The molecule has 0 aliphatic heterocycles. The number of carboxylic acids is 1. The first-order valence-corrected chi connectivity index (χ1v) is 13.1. The SMILES string of the molecule is COC(C)Cc1cccc(CC(O)C=C[C@H]2C(O)CC(=O)C2SCCCSCC(=O)O)c1. The molecule has 0 heterocycles. The normalized spacial score (nSPS) is 23.0. The second-order valence-electron chi connectivity index (χ2n) is 8.13. The Balaban J connectivity index is 1.86. The molecule has 0 amide bonds. The highest BCUT2D eigenvalue weighted by atomic mass is 32.2. The minimum absolute atomic E-state index is 0.0322. The molecule has 6 nitrogen and oxygen atoms in total. The molecule has 1 aromatic carbocycles. The standard InChI is InChI=1S/C24H34O6S2/c1-16(30-2)11-17-5-3-6-18(12-17)13-19(25)7-8-20-21(26)14-22(27)24(20)32-10-4-9-31-15-23(28)29/h3,5-8,12,16,19-21,24-26H,4,9-11,13-15H2,1-2H3,(H,28,29)/t16?,19?,20-,21?,24?/m0/s1. The molecule has 1 aliphatic rings. The summed E-state index contributed by atoms with van der Waals surface area (Å²) in [4.78, 5) is 22.9. The summed E-state index contributed by atoms with van der Waals surface area (Å²) in [5.41, 5.74) is 2.18. The van der Waals surface area contributed by atoms with Gasteiger partial charge in [-0.1, -0.05) is 36.4 Å². The number of hydrogen-bond acceptors (Lipinski definition) is 7. The Labute approximate surface area is 198 Å². The molecule has 0 radical (unpaired) electrons. The van der Waals surface area contributed by atoms with Gasteiger partial charge in [-0.3, -0.25) is 9.59 Å². The number of hydrogen-bond donors (Lipinski definition) is 3. The highest BCUT2D eigenvalue weighted by Crippen LogP contribution is 2.34. The lowest BCUT2D eigenvalue weighted by atomic mass is 10.00. The first-order chi connectivity index (χ1) is 15.3. The van der Waals surface area contributed by atoms with Crippen LogP contribution in [0.25, 0.3) is 0 Å². The van der Waals surface area contributed by atoms with Crippen LogP contribution in [0.3, 0.4) is 0 Å². The number of carboxylic acid groups (broad SMARTS) is 1. The Kier molecular flexibility index (Phi) is 11.8. The van der Waals surface area contributed by atoms with Crippen molar-refractivity contribution in [3.8, 4) is 0 Å². The van der Waals surface area contributed by atoms with Gasteiger partial charge in [0, 0.05) is 25.9 Å². The Bertz CT molecular complexity index is 769. The van der Waals surface area contributed by atoms with Crippen LogP contribution in [0.2, 0.25) is 0 Å². The molecule has 0 spiro atoms. The van der Waals surface area contributed by atoms with E-state index >= 15 is 0 Å². The molecule has 0 aromatic heterocycles. The maximum Gasteiger partial charge on any atom is 0.313 e. The number of thioether (sulfide) groups is 2. The second-order valence-corrected chi connectivity index (χ2v) is 10.5. The average molecular weight is 483 g/mol. The van der Waals surface area contributed by atoms with Gasteiger partial charge < -0.3 is 20.1 Å². The molecule has 32 heavy (non-hydrogen) atoms. The van der Waals surface area contributed by atoms with E-state index in [1.807, 2.05) is 25.1 Å². The van der Waals surface area contributed by atoms with Crippen molar-refractivity contribution < 1.29 is 29.6 Å². The third-order valence-corrected chi connectivity index (χ3v) is 7.88. The molecule has 4 unspecified atom stereocenters. The lowest BCUT2D eigenvalue weighted by Crippen LogP contribution is -2.22. The van der Waals surface area contributed by atoms with Crippen LogP contribution in [0.4, 0.5) is 0 Å². The molecule has 2 rings (SSSR count). The number of carbonyl (C=O) groups excluding carboxylic acids is 1. The van der Waals surface area contributed by atoms with Crippen molar-refractivity contribution >= 4 is 35.3 Å². The van der Waals surface area contributed by atoms with E-state index in [0.717, 1.165) is 35.5 Å². The summed E-state index contributed by atoms with van der Waals surface area (Å²) in [6.07, 6.45) is 4.37. The summed E-state index contributed by atoms with van der Waals surface area (Å²) in [6, 6.07) is 8.07. The first-order valence-electron chi connectivity index (χ1n) is 10.9. The number of aliphatic hydroxyl groups excluding tert-OH is 2. The summed E-state index contributed by atoms with van der Waals surface area (Å²) in [5, 5.41) is 29.2. The smallest absolute Gasteiger partial charge is 0.313 e. The number of rotatable bonds is 14. The van der Waals surface area contributed by atoms with Gasteiger partial charge in [-0.05, 0) is 42.4 Å². The maximum atomic E-state index is 12.3. The molecule has 8 heteroatoms. The molecule has 3 N–H and O–H groups in total. The van der Waals surface area contributed by atoms with Gasteiger partial charge in [-0.2, -0.15) is 11.8 Å². The zero-order valence-electron chi connectivity index (χ0n) is 18.7. The van der Waals surface area contributed by atoms with Crippen molar-refractivity contribution in [2.24, 2.45) is 5.92 Å². The number of aliphatic hydroxyl groups is 2. The zero-order valence-corrected chi connectivity index (χ0v) is 20.3. The van der Waals surface area contributed by atoms with E-state index < -0.39 is 18.2 Å². The summed E-state index contributed by atoms with van der Waals surface area (Å²) in [6.45, 7) is 2.02. The zero-order chi connectivity index (χ0) is 23.5. The molecule has 1 aromatic rings. The van der Waals surface area contributed by atoms with Crippen molar-refractivity contribution in [2.75, 3.05) is 24.4 Å². The minimum atomic E-state index is -0.822. The fourth-order valence-electron chi connectivity index (χ4n) is 3.70. The van der Waals surface area contributed by atoms with Crippen molar-refractivity contribution in [2.45, 2.75) is 56.2 Å². The number of ether oxygens (including phenoxy) is 1. The Hall–Kier alpha value is -1.32. The van der Waals surface area contributed by atoms with Gasteiger partial charge in [0.1, 0.15) is 5.78 Å². The molecule has 5 atom stereocenters. The summed E-state index contributed by atoms with van der Waals surface area (Å²) in [7, 11) is 1.69. The van der Waals surface area contributed by atoms with Crippen LogP contribution in [0.15, 0.2) is 36.4 Å². The molecule has 1 aliphatic carbocycles. The average Bonchev–Trinajstić information content (AvgIpc) is 3.01. The molecular formula is C24H34O6S2. The maximum absolute atomic E-state index is 12.3. The predicted octanol–water partition coefficient (Wildman–Crippen LogP) is 2.98. The number of methoxy groups -OCH3 is 1. The third-order valence-electron chi connectivity index (χ3n) is 5.39. The number of carbonyl (C=O) groups is 2. The van der Waals surface area contributed by atoms with E-state index in [0.29, 0.717) is 6.42 Å². The monoisotopic (exact) mass is 482 g/mol. The molecule has 0 bridgehead atoms. The Morgan fingerprint density at radius 3 is 2.69 bits per heavy atom. The van der Waals surface area contributed by atoms with Crippen molar-refractivity contribution in [3.05, 3.63) is 47.5 Å². The number of benzene rings is 1. The van der Waals surface area contributed by atoms with Gasteiger partial charge in [0.2, 0.25) is 0 Å². The molecule has 1 saturated carbocycles. The van der Waals surface area contributed by atoms with Gasteiger partial charge in [0.25, 0.3) is 0 Å². The van der Waals surface area contributed by atoms with Gasteiger partial charge in [0.15, 0.2) is 0 Å². The van der Waals surface area contributed by atoms with Crippen molar-refractivity contribution in [3.63, 3.8) is 0 Å². The summed E-state index contributed by atoms with van der Waals surface area (Å²) in [5.74, 6) is 0.437. The minimum Gasteiger partial charge on any atom is -0.481 e. The molecule has 1 fully saturated rings. The van der Waals surface area contributed by atoms with Crippen LogP contribution in [0.1, 0.15) is 30.9 Å². The number of ketones is 1. The third kappa shape index (κ3) is 9.27. The molecule has 0 saturated heterocycles. The highest BCUT2D eigenvalue weighted by Gasteiger charge is 2.40. The lowest BCUT2D eigenvalue weighted by molar-refractivity contribution is -0.133. The van der Waals surface area contributed by atoms with E-state index in [-0.39, 0.29) is 35.2 Å². The van der Waals surface area contributed by atoms with Gasteiger partial charge in [-0.25, -0.2) is 0 Å². The number of Topliss-reactive ketones (excluding diaryl/α,β-unsaturated/α-hetero) is 1. The topological polar surface area (TPSA) is 104 Å². The molecule has 178 valence electrons. The van der Waals surface area contributed by atoms with Gasteiger partial charge >= 0.3 is 5.97 Å². The van der Waals surface area contributed by atoms with Crippen LogP contribution in [-0.2, 0) is 27.2 Å². The number of aliphatic carboxylic acids is 1. The van der Waals surface area contributed by atoms with Crippen molar-refractivity contribution in [1.29, 1.82) is 0 Å². The van der Waals surface area contributed by atoms with E-state index in [1.54, 1.807) is 19.3 Å². The summed E-state index contributed by atoms with van der Waals surface area (Å²) >= 11 is 2.88. The van der Waals surface area contributed by atoms with E-state index in [2.05, 4.69) is 6.07 Å². The van der Waals surface area contributed by atoms with Crippen LogP contribution < -0.4 is 0 Å². The van der Waals surface area contributed by atoms with Gasteiger partial charge in [0.05, 0.1) is 29.3 Å². The van der Waals surface area contributed by atoms with Crippen molar-refractivity contribution in [1.82, 2.24) is 0 Å². The van der Waals surface area contributed by atoms with Crippen LogP contribution >= 0.6 is 23.5 Å². The Morgan fingerprint density at radius 1 is 1.28 bits per heavy atom. The predicted molar refractivity (Wildman–Crippen MR) is 130 cm³/mol. The lowest BCUT2D eigenvalue weighted by Gasteiger charge is -2.18. The quantitative estimate of drug-likeness (QED) is 0.275. The van der Waals surface area contributed by atoms with E-state index in [1.165, 1.54) is 23.5 Å². The van der Waals surface area contributed by atoms with Crippen LogP contribution in [-0.4, -0.2) is 75.0 Å². The molecular weight excluding hydrogens is 448 g/mol. The fourth-order valence-corrected chi connectivity index (χ4v) is 5.90. The largest absolute Gasteiger partial charge is 0.481 e. The fraction of sp³-hybridized carbons (Fsp3) is 0.583. The Morgan fingerprint density at radius 2 is 2.00 bits per heavy atom. The first kappa shape index (κ1) is 26.9. The van der Waals surface area contributed by atoms with Crippen LogP contribution in [0, 0.1) is 5.92 Å². The van der Waals surface area contributed by atoms with Gasteiger partial charge in [-0.15, -0.1) is 11.8 Å². The van der Waals surface area contributed by atoms with E-state index in [4.69, 9.17) is 9.84 Å². The summed E-state index contributed by atoms with van der Waals surface area (Å²) < 4.78 is 5.32. The van der Waals surface area contributed by atoms with E-state index in [9.17, 15) is 19.8 Å². The second kappa shape index (κ2) is 14.1. The highest BCUT2D eigenvalue weighted by molar-refractivity contribution is 8.01.